The number of benzene rings is 11. The van der Waals surface area contributed by atoms with Crippen molar-refractivity contribution in [2.24, 2.45) is 0 Å². The zero-order valence-corrected chi connectivity index (χ0v) is 81.3. The van der Waals surface area contributed by atoms with E-state index in [0.29, 0.717) is 57.1 Å². The van der Waals surface area contributed by atoms with Crippen LogP contribution in [0.4, 0.5) is 28.4 Å². The molecule has 0 atom stereocenters. The van der Waals surface area contributed by atoms with Gasteiger partial charge in [0.2, 0.25) is 0 Å². The summed E-state index contributed by atoms with van der Waals surface area (Å²) >= 11 is 1.72. The minimum Gasteiger partial charge on any atom is -0.498 e. The maximum absolute atomic E-state index is 8.17. The molecule has 3 radical (unpaired) electrons. The van der Waals surface area contributed by atoms with Gasteiger partial charge in [-0.15, -0.1) is 166 Å². The molecule has 11 heterocycles. The zero-order chi connectivity index (χ0) is 90.1. The fraction of sp³-hybridized carbons (Fsp3) is 0.140. The van der Waals surface area contributed by atoms with E-state index in [4.69, 9.17) is 37.4 Å². The number of anilines is 5. The molecule has 1 aliphatic carbocycles. The summed E-state index contributed by atoms with van der Waals surface area (Å²) in [6, 6.07) is 113. The number of hydrogen-bond donors (Lipinski definition) is 0. The molecule has 3 aliphatic heterocycles. The Morgan fingerprint density at radius 3 is 1.73 bits per heavy atom. The molecule has 0 unspecified atom stereocenters. The van der Waals surface area contributed by atoms with Gasteiger partial charge in [-0.05, 0) is 160 Å². The molecule has 13 nitrogen and oxygen atoms in total. The van der Waals surface area contributed by atoms with Crippen LogP contribution in [0.5, 0.6) is 46.0 Å². The Morgan fingerprint density at radius 1 is 0.427 bits per heavy atom. The van der Waals surface area contributed by atoms with Crippen LogP contribution in [0.15, 0.2) is 332 Å². The summed E-state index contributed by atoms with van der Waals surface area (Å²) in [6.07, 6.45) is 17.5. The van der Waals surface area contributed by atoms with E-state index in [9.17, 15) is 0 Å². The summed E-state index contributed by atoms with van der Waals surface area (Å²) in [5.74, 6) is 6.02. The summed E-state index contributed by atoms with van der Waals surface area (Å²) in [5, 5.41) is 5.17. The minimum absolute atomic E-state index is 0. The number of aryl methyl sites for hydroxylation is 3. The van der Waals surface area contributed by atoms with E-state index in [-0.39, 0.29) is 65.7 Å². The second kappa shape index (κ2) is 42.2. The molecular formula is C114H92Ir3N8O5S-6. The molecule has 4 aliphatic rings. The van der Waals surface area contributed by atoms with Gasteiger partial charge in [0.25, 0.3) is 0 Å². The van der Waals surface area contributed by atoms with Crippen molar-refractivity contribution in [2.75, 3.05) is 16.8 Å². The summed E-state index contributed by atoms with van der Waals surface area (Å²) in [5.41, 5.74) is 25.2. The summed E-state index contributed by atoms with van der Waals surface area (Å²) in [4.78, 5) is 30.5. The fourth-order valence-corrected chi connectivity index (χ4v) is 16.9. The van der Waals surface area contributed by atoms with Crippen molar-refractivity contribution in [1.29, 1.82) is 0 Å². The molecule has 17 heteroatoms. The molecule has 1 fully saturated rings. The Kier molecular flexibility index (Phi) is 28.5. The van der Waals surface area contributed by atoms with Crippen LogP contribution in [0.1, 0.15) is 102 Å². The van der Waals surface area contributed by atoms with Gasteiger partial charge in [-0.2, -0.15) is 0 Å². The molecule has 0 saturated heterocycles. The van der Waals surface area contributed by atoms with E-state index < -0.39 is 6.98 Å². The second-order valence-electron chi connectivity index (χ2n) is 32.6. The number of aromatic nitrogens is 6. The Bertz CT molecular complexity index is 7210. The van der Waals surface area contributed by atoms with E-state index in [1.54, 1.807) is 48.2 Å². The smallest absolute Gasteiger partial charge is 0.166 e. The summed E-state index contributed by atoms with van der Waals surface area (Å²) in [6.45, 7) is 14.6. The average molecular weight is 2270 g/mol. The number of fused-ring (bicyclic) bond motifs is 9. The van der Waals surface area contributed by atoms with Crippen LogP contribution in [0.2, 0.25) is 0 Å². The van der Waals surface area contributed by atoms with Crippen molar-refractivity contribution in [2.45, 2.75) is 98.8 Å². The average Bonchev–Trinajstić information content (AvgIpc) is 0.776. The number of pyridine rings is 6. The van der Waals surface area contributed by atoms with Crippen LogP contribution in [0.25, 0.3) is 99.5 Å². The SMILES string of the molecule is CC(C)(C)c1ccc(N2c3ccccc3Oc3c(-c4nccc5sccc45)[c-]ccc32)cc1.Cc1[c-]c(-c2ccccn2)cc(C)c1C.[2H]C([2H])([2H])N1c2cc[c-]c(-c3ccc4ccccc4n3)c2Oc2c1ccc(C)c2C.[Ir].[Ir].[Ir].[c-]1cc(C2CCCCC2)ccc1-c1ccccn1.[c-]1ccc2c(c1-c1nccc3occc13)Oc1ccccc1O2.[c-]1ccccc1-c1ccccn1. The molecular weight excluding hydrogens is 2170 g/mol. The Labute approximate surface area is 815 Å². The number of thiophene rings is 1. The fourth-order valence-electron chi connectivity index (χ4n) is 16.1. The van der Waals surface area contributed by atoms with Crippen LogP contribution in [0.3, 0.4) is 0 Å². The van der Waals surface area contributed by atoms with Gasteiger partial charge in [0.05, 0.1) is 46.2 Å². The first-order chi connectivity index (χ1) is 63.8. The number of ether oxygens (including phenoxy) is 4. The molecule has 0 amide bonds. The normalized spacial score (nSPS) is 12.7. The predicted molar refractivity (Wildman–Crippen MR) is 518 cm³/mol. The molecule has 11 aromatic carbocycles. The van der Waals surface area contributed by atoms with E-state index in [0.717, 1.165) is 129 Å². The molecule has 0 N–H and O–H groups in total. The van der Waals surface area contributed by atoms with Crippen molar-refractivity contribution >= 4 is 71.7 Å². The number of hydrogen-bond acceptors (Lipinski definition) is 14. The molecule has 23 rings (SSSR count). The van der Waals surface area contributed by atoms with Crippen LogP contribution in [-0.4, -0.2) is 36.9 Å². The summed E-state index contributed by atoms with van der Waals surface area (Å²) < 4.78 is 56.0. The minimum atomic E-state index is -2.37. The first-order valence-corrected chi connectivity index (χ1v) is 43.8. The number of para-hydroxylation sites is 5. The second-order valence-corrected chi connectivity index (χ2v) is 33.6. The molecule has 657 valence electrons. The van der Waals surface area contributed by atoms with Crippen LogP contribution in [-0.2, 0) is 65.7 Å². The predicted octanol–water partition coefficient (Wildman–Crippen LogP) is 30.6. The van der Waals surface area contributed by atoms with Crippen LogP contribution in [0, 0.1) is 71.0 Å². The zero-order valence-electron chi connectivity index (χ0n) is 76.3. The van der Waals surface area contributed by atoms with Crippen molar-refractivity contribution in [3.05, 3.63) is 403 Å². The molecule has 0 spiro atoms. The number of nitrogens with zero attached hydrogens (tertiary/aromatic N) is 8. The van der Waals surface area contributed by atoms with Crippen LogP contribution < -0.4 is 28.7 Å². The van der Waals surface area contributed by atoms with Gasteiger partial charge in [-0.1, -0.05) is 218 Å². The molecule has 131 heavy (non-hydrogen) atoms. The van der Waals surface area contributed by atoms with E-state index in [1.807, 2.05) is 227 Å². The Hall–Kier alpha value is -13.2. The van der Waals surface area contributed by atoms with Crippen molar-refractivity contribution in [1.82, 2.24) is 29.9 Å². The Morgan fingerprint density at radius 2 is 1.05 bits per heavy atom. The monoisotopic (exact) mass is 2270 g/mol. The van der Waals surface area contributed by atoms with E-state index in [2.05, 4.69) is 181 Å². The van der Waals surface area contributed by atoms with Crippen LogP contribution >= 0.6 is 11.3 Å². The van der Waals surface area contributed by atoms with Crippen molar-refractivity contribution in [3.63, 3.8) is 0 Å². The largest absolute Gasteiger partial charge is 0.498 e. The van der Waals surface area contributed by atoms with Gasteiger partial charge in [-0.25, -0.2) is 0 Å². The first kappa shape index (κ1) is 88.5. The van der Waals surface area contributed by atoms with Gasteiger partial charge in [0.1, 0.15) is 17.1 Å². The standard InChI is InChI=1S/C29H23N2OS.C24H19N2O.C19H10NO3.C17H18N.C14H14N.C11H8N.3Ir/c1-29(2,3)19-11-13-20(14-12-19)31-23-8-4-5-10-25(23)32-28-22(7-6-9-24(28)31)27-21-16-18-33-26(21)15-17-30-27;1-15-11-14-22-23(16(15)2)27-24-18(8-6-10-21(24)26(22)3)20-13-12-17-7-4-5-9-19(17)25-20;1-2-6-16-15(5-1)22-17-7-3-4-13(19(17)23-16)18-12-9-11-21-14(12)8-10-20-18;1-2-6-14(7-3-1)15-9-11-16(12-10-15)17-8-4-5-13-18-17;1-10-8-13(9-11(2)12(10)3)14-6-4-5-7-15-14;1-2-6-10(7-3-1)11-8-4-5-9-12-11;;;/h4-6,8-18H,1-3H3;4-7,9-14H,1-3H3;1-3,5-11H;4-5,8-11,13-14H,1-3,6-7H2;4-8H,1-3H3;1-6,8-9H;;;/q6*-1;;;/i;3D3;;;;;;;. The Balaban J connectivity index is 0.000000126. The topological polar surface area (TPSA) is 134 Å². The molecule has 0 bridgehead atoms. The van der Waals surface area contributed by atoms with Gasteiger partial charge < -0.3 is 58.1 Å². The molecule has 8 aromatic heterocycles. The van der Waals surface area contributed by atoms with Gasteiger partial charge in [0, 0.05) is 141 Å². The third kappa shape index (κ3) is 20.5. The van der Waals surface area contributed by atoms with Gasteiger partial charge in [-0.3, -0.25) is 4.98 Å². The number of rotatable bonds is 8. The third-order valence-electron chi connectivity index (χ3n) is 23.3. The summed E-state index contributed by atoms with van der Waals surface area (Å²) in [7, 11) is 0. The molecule has 19 aromatic rings. The van der Waals surface area contributed by atoms with Gasteiger partial charge >= 0.3 is 0 Å². The number of furan rings is 1. The maximum Gasteiger partial charge on any atom is 0.166 e. The van der Waals surface area contributed by atoms with E-state index >= 15 is 0 Å². The molecule has 1 saturated carbocycles. The van der Waals surface area contributed by atoms with Crippen molar-refractivity contribution in [3.8, 4) is 114 Å². The maximum atomic E-state index is 8.17. The first-order valence-electron chi connectivity index (χ1n) is 44.4. The quantitative estimate of drug-likeness (QED) is 0.134. The third-order valence-corrected chi connectivity index (χ3v) is 24.2. The van der Waals surface area contributed by atoms with Crippen molar-refractivity contribution < 1.29 is 87.8 Å². The van der Waals surface area contributed by atoms with E-state index in [1.165, 1.54) is 69.5 Å². The van der Waals surface area contributed by atoms with Gasteiger partial charge in [0.15, 0.2) is 11.5 Å².